The Bertz CT molecular complexity index is 560. The van der Waals surface area contributed by atoms with E-state index >= 15 is 0 Å². The van der Waals surface area contributed by atoms with Crippen molar-refractivity contribution >= 4 is 5.69 Å². The summed E-state index contributed by atoms with van der Waals surface area (Å²) >= 11 is 0. The van der Waals surface area contributed by atoms with Crippen LogP contribution in [0.5, 0.6) is 5.75 Å². The van der Waals surface area contributed by atoms with Crippen molar-refractivity contribution in [2.45, 2.75) is 38.8 Å². The molecule has 4 heteroatoms. The molecule has 0 unspecified atom stereocenters. The van der Waals surface area contributed by atoms with Gasteiger partial charge in [0.1, 0.15) is 5.75 Å². The smallest absolute Gasteiger partial charge is 0.142 e. The number of imidazole rings is 1. The van der Waals surface area contributed by atoms with Crippen molar-refractivity contribution in [1.82, 2.24) is 9.55 Å². The minimum atomic E-state index is 0.667. The Balaban J connectivity index is 1.66. The van der Waals surface area contributed by atoms with Crippen molar-refractivity contribution < 1.29 is 4.74 Å². The molecular formula is C16H21N3O. The van der Waals surface area contributed by atoms with Gasteiger partial charge in [0.15, 0.2) is 0 Å². The molecule has 1 N–H and O–H groups in total. The van der Waals surface area contributed by atoms with Crippen LogP contribution in [0.15, 0.2) is 36.8 Å². The number of nitrogens with one attached hydrogen (secondary N) is 1. The van der Waals surface area contributed by atoms with Crippen LogP contribution in [-0.4, -0.2) is 16.2 Å². The Morgan fingerprint density at radius 3 is 3.00 bits per heavy atom. The average molecular weight is 271 g/mol. The molecule has 0 bridgehead atoms. The van der Waals surface area contributed by atoms with Crippen molar-refractivity contribution in [3.05, 3.63) is 42.5 Å². The maximum absolute atomic E-state index is 5.76. The number of benzene rings is 1. The van der Waals surface area contributed by atoms with Crippen molar-refractivity contribution in [3.8, 4) is 5.75 Å². The fourth-order valence-electron chi connectivity index (χ4n) is 2.29. The second kappa shape index (κ2) is 5.99. The Morgan fingerprint density at radius 1 is 1.35 bits per heavy atom. The van der Waals surface area contributed by atoms with Gasteiger partial charge in [-0.25, -0.2) is 4.98 Å². The van der Waals surface area contributed by atoms with Gasteiger partial charge in [-0.1, -0.05) is 19.1 Å². The normalized spacial score (nSPS) is 14.2. The van der Waals surface area contributed by atoms with Crippen molar-refractivity contribution in [1.29, 1.82) is 0 Å². The molecule has 0 spiro atoms. The zero-order valence-electron chi connectivity index (χ0n) is 11.9. The first-order chi connectivity index (χ1) is 9.88. The molecule has 2 aromatic rings. The van der Waals surface area contributed by atoms with Crippen LogP contribution in [0.4, 0.5) is 5.69 Å². The van der Waals surface area contributed by atoms with Gasteiger partial charge in [-0.2, -0.15) is 0 Å². The van der Waals surface area contributed by atoms with Gasteiger partial charge in [0.2, 0.25) is 0 Å². The predicted molar refractivity (Wildman–Crippen MR) is 80.1 cm³/mol. The first kappa shape index (κ1) is 13.0. The predicted octanol–water partition coefficient (Wildman–Crippen LogP) is 3.62. The summed E-state index contributed by atoms with van der Waals surface area (Å²) in [7, 11) is 0. The molecule has 20 heavy (non-hydrogen) atoms. The summed E-state index contributed by atoms with van der Waals surface area (Å²) in [6.45, 7) is 3.64. The van der Waals surface area contributed by atoms with Gasteiger partial charge >= 0.3 is 0 Å². The molecule has 1 saturated carbocycles. The van der Waals surface area contributed by atoms with Crippen molar-refractivity contribution in [2.24, 2.45) is 0 Å². The molecule has 1 aromatic heterocycles. The quantitative estimate of drug-likeness (QED) is 0.836. The Labute approximate surface area is 119 Å². The Hall–Kier alpha value is -1.97. The molecule has 1 aliphatic rings. The Morgan fingerprint density at radius 2 is 2.20 bits per heavy atom. The maximum Gasteiger partial charge on any atom is 0.142 e. The third-order valence-corrected chi connectivity index (χ3v) is 3.50. The standard InChI is InChI=1S/C16H21N3O/c1-2-9-20-16-6-4-3-5-15(16)18-11-14-10-17-12-19(14)13-7-8-13/h3-6,10,12-13,18H,2,7-9,11H2,1H3. The number of ether oxygens (including phenoxy) is 1. The molecule has 106 valence electrons. The summed E-state index contributed by atoms with van der Waals surface area (Å²) in [5, 5.41) is 3.46. The zero-order valence-corrected chi connectivity index (χ0v) is 11.9. The van der Waals surface area contributed by atoms with Gasteiger partial charge in [0.25, 0.3) is 0 Å². The fraction of sp³-hybridized carbons (Fsp3) is 0.438. The molecule has 0 saturated heterocycles. The van der Waals surface area contributed by atoms with E-state index in [1.54, 1.807) is 0 Å². The van der Waals surface area contributed by atoms with E-state index in [9.17, 15) is 0 Å². The third-order valence-electron chi connectivity index (χ3n) is 3.50. The van der Waals surface area contributed by atoms with Crippen molar-refractivity contribution in [2.75, 3.05) is 11.9 Å². The summed E-state index contributed by atoms with van der Waals surface area (Å²) in [6.07, 6.45) is 7.46. The van der Waals surface area contributed by atoms with Crippen LogP contribution >= 0.6 is 0 Å². The molecule has 3 rings (SSSR count). The molecule has 1 aliphatic carbocycles. The topological polar surface area (TPSA) is 39.1 Å². The van der Waals surface area contributed by atoms with Crippen LogP contribution in [0, 0.1) is 0 Å². The number of hydrogen-bond donors (Lipinski definition) is 1. The summed E-state index contributed by atoms with van der Waals surface area (Å²) in [6, 6.07) is 8.77. The van der Waals surface area contributed by atoms with Gasteiger partial charge in [-0.05, 0) is 31.4 Å². The number of para-hydroxylation sites is 2. The van der Waals surface area contributed by atoms with E-state index in [0.717, 1.165) is 31.0 Å². The monoisotopic (exact) mass is 271 g/mol. The molecule has 0 aliphatic heterocycles. The number of hydrogen-bond acceptors (Lipinski definition) is 3. The number of aromatic nitrogens is 2. The van der Waals surface area contributed by atoms with E-state index in [1.807, 2.05) is 30.7 Å². The summed E-state index contributed by atoms with van der Waals surface area (Å²) < 4.78 is 8.04. The van der Waals surface area contributed by atoms with Crippen LogP contribution in [0.25, 0.3) is 0 Å². The summed E-state index contributed by atoms with van der Waals surface area (Å²) in [4.78, 5) is 4.26. The largest absolute Gasteiger partial charge is 0.491 e. The second-order valence-corrected chi connectivity index (χ2v) is 5.22. The highest BCUT2D eigenvalue weighted by molar-refractivity contribution is 5.56. The fourth-order valence-corrected chi connectivity index (χ4v) is 2.29. The lowest BCUT2D eigenvalue weighted by atomic mass is 10.3. The second-order valence-electron chi connectivity index (χ2n) is 5.22. The molecule has 0 atom stereocenters. The van der Waals surface area contributed by atoms with Gasteiger partial charge in [-0.3, -0.25) is 0 Å². The highest BCUT2D eigenvalue weighted by Crippen LogP contribution is 2.35. The zero-order chi connectivity index (χ0) is 13.8. The van der Waals surface area contributed by atoms with E-state index in [2.05, 4.69) is 27.9 Å². The first-order valence-electron chi connectivity index (χ1n) is 7.35. The third kappa shape index (κ3) is 2.95. The minimum absolute atomic E-state index is 0.667. The lowest BCUT2D eigenvalue weighted by Crippen LogP contribution is -2.07. The molecule has 0 amide bonds. The van der Waals surface area contributed by atoms with E-state index in [0.29, 0.717) is 6.04 Å². The molecular weight excluding hydrogens is 250 g/mol. The molecule has 1 fully saturated rings. The molecule has 0 radical (unpaired) electrons. The average Bonchev–Trinajstić information content (AvgIpc) is 3.22. The van der Waals surface area contributed by atoms with Crippen LogP contribution in [0.1, 0.15) is 37.9 Å². The molecule has 4 nitrogen and oxygen atoms in total. The molecule has 1 aromatic carbocycles. The van der Waals surface area contributed by atoms with E-state index < -0.39 is 0 Å². The van der Waals surface area contributed by atoms with Gasteiger partial charge in [-0.15, -0.1) is 0 Å². The number of nitrogens with zero attached hydrogens (tertiary/aromatic N) is 2. The highest BCUT2D eigenvalue weighted by Gasteiger charge is 2.25. The first-order valence-corrected chi connectivity index (χ1v) is 7.35. The van der Waals surface area contributed by atoms with Crippen LogP contribution in [0.2, 0.25) is 0 Å². The molecule has 1 heterocycles. The van der Waals surface area contributed by atoms with E-state index in [-0.39, 0.29) is 0 Å². The van der Waals surface area contributed by atoms with E-state index in [4.69, 9.17) is 4.74 Å². The van der Waals surface area contributed by atoms with Crippen LogP contribution < -0.4 is 10.1 Å². The number of rotatable bonds is 7. The summed E-state index contributed by atoms with van der Waals surface area (Å²) in [5.41, 5.74) is 2.28. The SMILES string of the molecule is CCCOc1ccccc1NCc1cncn1C1CC1. The maximum atomic E-state index is 5.76. The van der Waals surface area contributed by atoms with Gasteiger partial charge in [0.05, 0.1) is 30.9 Å². The highest BCUT2D eigenvalue weighted by atomic mass is 16.5. The van der Waals surface area contributed by atoms with Crippen LogP contribution in [0.3, 0.4) is 0 Å². The summed E-state index contributed by atoms with van der Waals surface area (Å²) in [5.74, 6) is 0.923. The van der Waals surface area contributed by atoms with Gasteiger partial charge in [0, 0.05) is 12.2 Å². The van der Waals surface area contributed by atoms with Crippen molar-refractivity contribution in [3.63, 3.8) is 0 Å². The lowest BCUT2D eigenvalue weighted by Gasteiger charge is -2.13. The lowest BCUT2D eigenvalue weighted by molar-refractivity contribution is 0.319. The number of anilines is 1. The van der Waals surface area contributed by atoms with Crippen LogP contribution in [-0.2, 0) is 6.54 Å². The Kier molecular flexibility index (Phi) is 3.90. The van der Waals surface area contributed by atoms with E-state index in [1.165, 1.54) is 18.5 Å². The van der Waals surface area contributed by atoms with Gasteiger partial charge < -0.3 is 14.6 Å². The minimum Gasteiger partial charge on any atom is -0.491 e.